The van der Waals surface area contributed by atoms with E-state index in [4.69, 9.17) is 24.7 Å². The van der Waals surface area contributed by atoms with Crippen LogP contribution in [-0.4, -0.2) is 74.4 Å². The van der Waals surface area contributed by atoms with Crippen LogP contribution >= 0.6 is 0 Å². The van der Waals surface area contributed by atoms with Crippen LogP contribution in [0.5, 0.6) is 0 Å². The zero-order valence-corrected chi connectivity index (χ0v) is 24.1. The second-order valence-electron chi connectivity index (χ2n) is 10.1. The summed E-state index contributed by atoms with van der Waals surface area (Å²) in [6.07, 6.45) is 3.61. The van der Waals surface area contributed by atoms with Gasteiger partial charge in [-0.2, -0.15) is 0 Å². The normalized spacial score (nSPS) is 32.7. The summed E-state index contributed by atoms with van der Waals surface area (Å²) in [6.45, 7) is 6.92. The Morgan fingerprint density at radius 3 is 2.35 bits per heavy atom. The van der Waals surface area contributed by atoms with Crippen LogP contribution in [0, 0.1) is 11.8 Å². The van der Waals surface area contributed by atoms with Crippen molar-refractivity contribution >= 4 is 23.6 Å². The summed E-state index contributed by atoms with van der Waals surface area (Å²) in [7, 11) is 4.21. The van der Waals surface area contributed by atoms with Crippen LogP contribution in [0.4, 0.5) is 4.79 Å². The predicted octanol–water partition coefficient (Wildman–Crippen LogP) is 2.41. The van der Waals surface area contributed by atoms with Gasteiger partial charge in [0.15, 0.2) is 11.9 Å². The van der Waals surface area contributed by atoms with Gasteiger partial charge in [-0.1, -0.05) is 38.2 Å². The number of ketones is 2. The number of fused-ring (bicyclic) bond motifs is 2. The fraction of sp³-hybridized carbons (Fsp3) is 0.517. The van der Waals surface area contributed by atoms with Gasteiger partial charge in [0.05, 0.1) is 25.0 Å². The Morgan fingerprint density at radius 1 is 1.10 bits per heavy atom. The van der Waals surface area contributed by atoms with Gasteiger partial charge < -0.3 is 35.1 Å². The van der Waals surface area contributed by atoms with Crippen LogP contribution in [0.3, 0.4) is 0 Å². The molecule has 0 saturated heterocycles. The largest absolute Gasteiger partial charge is 0.492 e. The number of nitrogens with two attached hydrogens (primary N) is 1. The average Bonchev–Trinajstić information content (AvgIpc) is 2.90. The number of primary amides is 1. The smallest absolute Gasteiger partial charge is 0.405 e. The van der Waals surface area contributed by atoms with E-state index in [2.05, 4.69) is 5.32 Å². The second kappa shape index (κ2) is 14.7. The first-order valence-corrected chi connectivity index (χ1v) is 13.0. The molecule has 11 nitrogen and oxygen atoms in total. The fourth-order valence-electron chi connectivity index (χ4n) is 4.78. The summed E-state index contributed by atoms with van der Waals surface area (Å²) in [5, 5.41) is 13.7. The highest BCUT2D eigenvalue weighted by Crippen LogP contribution is 2.29. The molecule has 5 unspecified atom stereocenters. The maximum atomic E-state index is 13.3. The van der Waals surface area contributed by atoms with Crippen molar-refractivity contribution in [3.63, 3.8) is 0 Å². The van der Waals surface area contributed by atoms with Gasteiger partial charge in [0.25, 0.3) is 5.91 Å². The van der Waals surface area contributed by atoms with Crippen molar-refractivity contribution in [3.8, 4) is 0 Å². The standard InChI is InChI=1S/C29H40N2O9/c1-15-11-19-25(34)20(14-21(32)27(19)39-7)31-28(35)16(2)9-8-10-22(37-5)26(40-29(30)36)18(4)13-17(3)24(33)23(12-15)38-6/h8-10,13-15,17,22-24,26,33H,11-12H2,1-7H3,(H2,30,36)(H,31,35)/b10-8-,16-9+,18-13+/t15?,17?,22?,23?,24-,26?/m1/s1. The summed E-state index contributed by atoms with van der Waals surface area (Å²) in [4.78, 5) is 50.6. The van der Waals surface area contributed by atoms with Gasteiger partial charge in [-0.3, -0.25) is 14.4 Å². The summed E-state index contributed by atoms with van der Waals surface area (Å²) in [6, 6.07) is 0. The van der Waals surface area contributed by atoms with Gasteiger partial charge in [-0.05, 0) is 38.2 Å². The highest BCUT2D eigenvalue weighted by Gasteiger charge is 2.34. The Morgan fingerprint density at radius 2 is 1.77 bits per heavy atom. The highest BCUT2D eigenvalue weighted by molar-refractivity contribution is 6.23. The van der Waals surface area contributed by atoms with E-state index < -0.39 is 53.9 Å². The van der Waals surface area contributed by atoms with E-state index in [0.717, 1.165) is 6.08 Å². The van der Waals surface area contributed by atoms with Crippen molar-refractivity contribution in [2.24, 2.45) is 17.6 Å². The zero-order valence-electron chi connectivity index (χ0n) is 24.1. The van der Waals surface area contributed by atoms with Crippen LogP contribution in [-0.2, 0) is 33.3 Å². The third-order valence-corrected chi connectivity index (χ3v) is 6.95. The predicted molar refractivity (Wildman–Crippen MR) is 147 cm³/mol. The Labute approximate surface area is 234 Å². The number of ether oxygens (including phenoxy) is 4. The molecule has 6 atom stereocenters. The first-order valence-electron chi connectivity index (χ1n) is 13.0. The number of amides is 2. The monoisotopic (exact) mass is 560 g/mol. The van der Waals surface area contributed by atoms with Crippen LogP contribution in [0.25, 0.3) is 0 Å². The molecule has 2 rings (SSSR count). The molecule has 11 heteroatoms. The maximum Gasteiger partial charge on any atom is 0.405 e. The summed E-state index contributed by atoms with van der Waals surface area (Å²) in [5.74, 6) is -2.39. The van der Waals surface area contributed by atoms with Crippen molar-refractivity contribution < 1.29 is 43.2 Å². The molecule has 0 saturated carbocycles. The number of Topliss-reactive ketones (excluding diaryl/α,β-unsaturated/α-hetero) is 1. The number of carbonyl (C=O) groups excluding carboxylic acids is 4. The van der Waals surface area contributed by atoms with E-state index in [1.54, 1.807) is 32.1 Å². The molecule has 2 aliphatic rings. The van der Waals surface area contributed by atoms with Crippen LogP contribution in [0.15, 0.2) is 58.6 Å². The summed E-state index contributed by atoms with van der Waals surface area (Å²) in [5.41, 5.74) is 6.12. The molecule has 40 heavy (non-hydrogen) atoms. The van der Waals surface area contributed by atoms with E-state index in [0.29, 0.717) is 12.0 Å². The average molecular weight is 561 g/mol. The van der Waals surface area contributed by atoms with Crippen molar-refractivity contribution in [2.75, 3.05) is 21.3 Å². The topological polar surface area (TPSA) is 163 Å². The highest BCUT2D eigenvalue weighted by atomic mass is 16.6. The molecule has 1 aliphatic heterocycles. The molecular weight excluding hydrogens is 520 g/mol. The number of hydrogen-bond donors (Lipinski definition) is 3. The lowest BCUT2D eigenvalue weighted by Crippen LogP contribution is -2.37. The minimum Gasteiger partial charge on any atom is -0.492 e. The van der Waals surface area contributed by atoms with Crippen LogP contribution < -0.4 is 11.1 Å². The third kappa shape index (κ3) is 8.23. The molecule has 1 heterocycles. The number of rotatable bonds is 4. The lowest BCUT2D eigenvalue weighted by atomic mass is 9.85. The first-order chi connectivity index (χ1) is 18.8. The molecule has 0 aromatic carbocycles. The third-order valence-electron chi connectivity index (χ3n) is 6.95. The summed E-state index contributed by atoms with van der Waals surface area (Å²) < 4.78 is 21.7. The first kappa shape index (κ1) is 32.7. The minimum atomic E-state index is -1.00. The Bertz CT molecular complexity index is 1150. The molecule has 0 radical (unpaired) electrons. The molecule has 0 spiro atoms. The number of aliphatic hydroxyl groups excluding tert-OH is 1. The Balaban J connectivity index is 2.60. The molecule has 0 aromatic heterocycles. The van der Waals surface area contributed by atoms with E-state index in [1.807, 2.05) is 6.92 Å². The van der Waals surface area contributed by atoms with Crippen molar-refractivity contribution in [1.82, 2.24) is 5.32 Å². The molecule has 2 bridgehead atoms. The van der Waals surface area contributed by atoms with E-state index >= 15 is 0 Å². The van der Waals surface area contributed by atoms with E-state index in [1.165, 1.54) is 34.3 Å². The van der Waals surface area contributed by atoms with Gasteiger partial charge in [0, 0.05) is 37.4 Å². The zero-order chi connectivity index (χ0) is 30.1. The molecule has 0 fully saturated rings. The number of methoxy groups -OCH3 is 3. The van der Waals surface area contributed by atoms with Gasteiger partial charge in [0.2, 0.25) is 11.6 Å². The lowest BCUT2D eigenvalue weighted by Gasteiger charge is -2.29. The van der Waals surface area contributed by atoms with Gasteiger partial charge in [-0.15, -0.1) is 0 Å². The minimum absolute atomic E-state index is 0.0801. The molecule has 2 amide bonds. The Kier molecular flexibility index (Phi) is 12.0. The lowest BCUT2D eigenvalue weighted by molar-refractivity contribution is -0.120. The van der Waals surface area contributed by atoms with Crippen molar-refractivity contribution in [2.45, 2.75) is 65.0 Å². The number of nitrogens with one attached hydrogen (secondary N) is 1. The number of allylic oxidation sites excluding steroid dienone is 4. The quantitative estimate of drug-likeness (QED) is 0.346. The molecule has 220 valence electrons. The van der Waals surface area contributed by atoms with Crippen molar-refractivity contribution in [1.29, 1.82) is 0 Å². The second-order valence-corrected chi connectivity index (χ2v) is 10.1. The maximum absolute atomic E-state index is 13.3. The van der Waals surface area contributed by atoms with Gasteiger partial charge >= 0.3 is 6.09 Å². The number of carbonyl (C=O) groups is 4. The van der Waals surface area contributed by atoms with Gasteiger partial charge in [0.1, 0.15) is 6.10 Å². The molecule has 4 N–H and O–H groups in total. The van der Waals surface area contributed by atoms with E-state index in [9.17, 15) is 24.3 Å². The number of aliphatic hydroxyl groups is 1. The van der Waals surface area contributed by atoms with Gasteiger partial charge in [-0.25, -0.2) is 4.79 Å². The van der Waals surface area contributed by atoms with E-state index in [-0.39, 0.29) is 34.9 Å². The Hall–Kier alpha value is -3.54. The molecule has 0 aromatic rings. The SMILES string of the molecule is COC1=C2CC(C)CC(OC)[C@H](O)C(C)/C=C(\C)C(OC(N)=O)C(OC)/C=C\C=C(/C)C(=O)NC(=CC1=O)C2=O. The van der Waals surface area contributed by atoms with Crippen molar-refractivity contribution in [3.05, 3.63) is 58.6 Å². The number of hydrogen-bond acceptors (Lipinski definition) is 9. The fourth-order valence-corrected chi connectivity index (χ4v) is 4.78. The van der Waals surface area contributed by atoms with Crippen LogP contribution in [0.2, 0.25) is 0 Å². The molecule has 1 aliphatic carbocycles. The molecular formula is C29H40N2O9. The van der Waals surface area contributed by atoms with Crippen LogP contribution in [0.1, 0.15) is 40.5 Å². The summed E-state index contributed by atoms with van der Waals surface area (Å²) >= 11 is 0.